The summed E-state index contributed by atoms with van der Waals surface area (Å²) in [5.41, 5.74) is 0. The molecule has 0 atom stereocenters. The Morgan fingerprint density at radius 3 is 2.06 bits per heavy atom. The van der Waals surface area contributed by atoms with Crippen molar-refractivity contribution in [1.29, 1.82) is 0 Å². The number of Topliss-reactive ketones (excluding diaryl/α,β-unsaturated/α-hetero) is 1. The van der Waals surface area contributed by atoms with Crippen LogP contribution in [0, 0.1) is 29.6 Å². The molecule has 0 spiro atoms. The molecule has 0 heterocycles. The molecule has 0 amide bonds. The summed E-state index contributed by atoms with van der Waals surface area (Å²) in [6, 6.07) is 0. The van der Waals surface area contributed by atoms with Crippen LogP contribution in [0.25, 0.3) is 0 Å². The van der Waals surface area contributed by atoms with Crippen molar-refractivity contribution in [3.63, 3.8) is 0 Å². The van der Waals surface area contributed by atoms with Crippen molar-refractivity contribution in [3.8, 4) is 0 Å². The zero-order valence-corrected chi connectivity index (χ0v) is 11.9. The van der Waals surface area contributed by atoms with Crippen LogP contribution in [-0.2, 0) is 4.79 Å². The third kappa shape index (κ3) is 2.38. The lowest BCUT2D eigenvalue weighted by Crippen LogP contribution is -2.47. The monoisotopic (exact) mass is 248 g/mol. The Hall–Kier alpha value is -0.330. The molecule has 0 aromatic rings. The molecule has 1 heteroatoms. The largest absolute Gasteiger partial charge is 0.299 e. The summed E-state index contributed by atoms with van der Waals surface area (Å²) in [6.45, 7) is 2.24. The van der Waals surface area contributed by atoms with Crippen LogP contribution in [-0.4, -0.2) is 5.78 Å². The van der Waals surface area contributed by atoms with E-state index in [-0.39, 0.29) is 0 Å². The van der Waals surface area contributed by atoms with Crippen LogP contribution < -0.4 is 0 Å². The molecule has 0 saturated heterocycles. The van der Waals surface area contributed by atoms with Gasteiger partial charge in [-0.05, 0) is 62.2 Å². The lowest BCUT2D eigenvalue weighted by atomic mass is 9.51. The number of rotatable bonds is 6. The van der Waals surface area contributed by atoms with Gasteiger partial charge in [-0.15, -0.1) is 0 Å². The van der Waals surface area contributed by atoms with Crippen LogP contribution in [0.4, 0.5) is 0 Å². The average Bonchev–Trinajstić information content (AvgIpc) is 2.33. The normalized spacial score (nSPS) is 41.3. The van der Waals surface area contributed by atoms with Crippen molar-refractivity contribution >= 4 is 5.78 Å². The first-order valence-electron chi connectivity index (χ1n) is 8.30. The van der Waals surface area contributed by atoms with E-state index >= 15 is 0 Å². The molecule has 4 aliphatic rings. The molecule has 0 aliphatic heterocycles. The minimum absolute atomic E-state index is 0.486. The van der Waals surface area contributed by atoms with Crippen molar-refractivity contribution < 1.29 is 4.79 Å². The van der Waals surface area contributed by atoms with Gasteiger partial charge in [0.15, 0.2) is 0 Å². The van der Waals surface area contributed by atoms with Gasteiger partial charge in [0.2, 0.25) is 0 Å². The van der Waals surface area contributed by atoms with Crippen molar-refractivity contribution in [2.75, 3.05) is 0 Å². The fourth-order valence-electron chi connectivity index (χ4n) is 5.34. The molecule has 0 unspecified atom stereocenters. The van der Waals surface area contributed by atoms with Gasteiger partial charge < -0.3 is 0 Å². The maximum Gasteiger partial charge on any atom is 0.136 e. The van der Waals surface area contributed by atoms with Crippen LogP contribution in [0.2, 0.25) is 0 Å². The van der Waals surface area contributed by atoms with Crippen LogP contribution in [0.3, 0.4) is 0 Å². The number of carbonyl (C=O) groups excluding carboxylic acids is 1. The van der Waals surface area contributed by atoms with Gasteiger partial charge in [0.1, 0.15) is 5.78 Å². The van der Waals surface area contributed by atoms with Gasteiger partial charge in [-0.2, -0.15) is 0 Å². The van der Waals surface area contributed by atoms with E-state index in [4.69, 9.17) is 0 Å². The number of hydrogen-bond acceptors (Lipinski definition) is 1. The molecule has 0 aromatic carbocycles. The van der Waals surface area contributed by atoms with Crippen molar-refractivity contribution in [3.05, 3.63) is 0 Å². The lowest BCUT2D eigenvalue weighted by molar-refractivity contribution is -0.136. The summed E-state index contributed by atoms with van der Waals surface area (Å²) < 4.78 is 0. The minimum Gasteiger partial charge on any atom is -0.299 e. The predicted octanol–water partition coefficient (Wildman–Crippen LogP) is 4.60. The van der Waals surface area contributed by atoms with Gasteiger partial charge in [-0.3, -0.25) is 4.79 Å². The Morgan fingerprint density at radius 1 is 0.889 bits per heavy atom. The third-order valence-corrected chi connectivity index (χ3v) is 5.88. The summed E-state index contributed by atoms with van der Waals surface area (Å²) in [5.74, 6) is 4.70. The van der Waals surface area contributed by atoms with E-state index in [1.807, 2.05) is 0 Å². The molecular weight excluding hydrogens is 220 g/mol. The smallest absolute Gasteiger partial charge is 0.136 e. The zero-order chi connectivity index (χ0) is 12.5. The maximum absolute atomic E-state index is 12.5. The Kier molecular flexibility index (Phi) is 3.77. The summed E-state index contributed by atoms with van der Waals surface area (Å²) >= 11 is 0. The van der Waals surface area contributed by atoms with Gasteiger partial charge in [0, 0.05) is 12.3 Å². The van der Waals surface area contributed by atoms with Crippen LogP contribution >= 0.6 is 0 Å². The molecule has 4 aliphatic carbocycles. The first-order valence-corrected chi connectivity index (χ1v) is 8.30. The molecule has 0 radical (unpaired) electrons. The van der Waals surface area contributed by atoms with Crippen LogP contribution in [0.15, 0.2) is 0 Å². The van der Waals surface area contributed by atoms with E-state index < -0.39 is 0 Å². The number of ketones is 1. The minimum atomic E-state index is 0.486. The molecule has 0 aromatic heterocycles. The summed E-state index contributed by atoms with van der Waals surface area (Å²) in [6.07, 6.45) is 12.9. The van der Waals surface area contributed by atoms with Gasteiger partial charge in [0.25, 0.3) is 0 Å². The molecule has 4 rings (SSSR count). The standard InChI is InChI=1S/C17H28O/c1-2-3-4-5-6-16(18)17-14-8-12-7-13(10-14)11-15(17)9-12/h12-15,17H,2-11H2,1H3. The number of hydrogen-bond donors (Lipinski definition) is 0. The highest BCUT2D eigenvalue weighted by molar-refractivity contribution is 5.81. The molecule has 0 N–H and O–H groups in total. The molecule has 18 heavy (non-hydrogen) atoms. The van der Waals surface area contributed by atoms with Crippen molar-refractivity contribution in [2.24, 2.45) is 29.6 Å². The maximum atomic E-state index is 12.5. The Morgan fingerprint density at radius 2 is 1.50 bits per heavy atom. The van der Waals surface area contributed by atoms with E-state index in [1.54, 1.807) is 0 Å². The highest BCUT2D eigenvalue weighted by atomic mass is 16.1. The fraction of sp³-hybridized carbons (Fsp3) is 0.941. The Balaban J connectivity index is 1.54. The highest BCUT2D eigenvalue weighted by Crippen LogP contribution is 2.56. The second-order valence-electron chi connectivity index (χ2n) is 7.23. The number of carbonyl (C=O) groups is 1. The number of unbranched alkanes of at least 4 members (excludes halogenated alkanes) is 3. The first kappa shape index (κ1) is 12.7. The van der Waals surface area contributed by atoms with Crippen molar-refractivity contribution in [2.45, 2.75) is 71.1 Å². The summed E-state index contributed by atoms with van der Waals surface area (Å²) in [5, 5.41) is 0. The van der Waals surface area contributed by atoms with Gasteiger partial charge in [0.05, 0.1) is 0 Å². The van der Waals surface area contributed by atoms with E-state index in [1.165, 1.54) is 51.4 Å². The van der Waals surface area contributed by atoms with Gasteiger partial charge >= 0.3 is 0 Å². The fourth-order valence-corrected chi connectivity index (χ4v) is 5.34. The second kappa shape index (κ2) is 5.35. The van der Waals surface area contributed by atoms with Crippen molar-refractivity contribution in [1.82, 2.24) is 0 Å². The zero-order valence-electron chi connectivity index (χ0n) is 11.9. The molecule has 4 bridgehead atoms. The molecule has 1 nitrogen and oxygen atoms in total. The van der Waals surface area contributed by atoms with Gasteiger partial charge in [-0.25, -0.2) is 0 Å². The Bertz CT molecular complexity index is 279. The van der Waals surface area contributed by atoms with E-state index in [9.17, 15) is 4.79 Å². The first-order chi connectivity index (χ1) is 8.78. The average molecular weight is 248 g/mol. The van der Waals surface area contributed by atoms with E-state index in [0.29, 0.717) is 11.7 Å². The van der Waals surface area contributed by atoms with E-state index in [2.05, 4.69) is 6.92 Å². The van der Waals surface area contributed by atoms with Crippen LogP contribution in [0.1, 0.15) is 71.1 Å². The van der Waals surface area contributed by atoms with Gasteiger partial charge in [-0.1, -0.05) is 26.2 Å². The lowest BCUT2D eigenvalue weighted by Gasteiger charge is -2.53. The Labute approximate surface area is 112 Å². The highest BCUT2D eigenvalue weighted by Gasteiger charge is 2.50. The third-order valence-electron chi connectivity index (χ3n) is 5.88. The second-order valence-corrected chi connectivity index (χ2v) is 7.23. The molecular formula is C17H28O. The molecule has 102 valence electrons. The van der Waals surface area contributed by atoms with Crippen LogP contribution in [0.5, 0.6) is 0 Å². The molecule has 4 fully saturated rings. The topological polar surface area (TPSA) is 17.1 Å². The van der Waals surface area contributed by atoms with E-state index in [0.717, 1.165) is 36.5 Å². The summed E-state index contributed by atoms with van der Waals surface area (Å²) in [7, 11) is 0. The SMILES string of the molecule is CCCCCCC(=O)C1C2CC3CC(C2)CC1C3. The summed E-state index contributed by atoms with van der Waals surface area (Å²) in [4.78, 5) is 12.5. The predicted molar refractivity (Wildman–Crippen MR) is 74.3 cm³/mol. The quantitative estimate of drug-likeness (QED) is 0.628. The molecule has 4 saturated carbocycles.